The smallest absolute Gasteiger partial charge is 0.318 e. The molecule has 0 atom stereocenters. The van der Waals surface area contributed by atoms with Gasteiger partial charge in [-0.15, -0.1) is 0 Å². The number of amides is 3. The molecule has 1 heterocycles. The standard InChI is InChI=1S/C26H42N4O3/c1-4-5-9-30(19-24(31)29(10-11-33-3)18-23-7-6-8-28(23)2)25(32)27-26-15-20-12-21(16-26)14-22(13-20)17-26/h6-8,20-22H,4-5,9-19H2,1-3H3,(H,27,32). The van der Waals surface area contributed by atoms with E-state index in [1.807, 2.05) is 34.8 Å². The quantitative estimate of drug-likeness (QED) is 0.549. The summed E-state index contributed by atoms with van der Waals surface area (Å²) >= 11 is 0. The number of methoxy groups -OCH3 is 1. The first-order chi connectivity index (χ1) is 15.9. The molecular formula is C26H42N4O3. The number of nitrogens with zero attached hydrogens (tertiary/aromatic N) is 3. The SMILES string of the molecule is CCCCN(CC(=O)N(CCOC)Cc1cccn1C)C(=O)NC12CC3CC(CC(C3)C1)C2. The van der Waals surface area contributed by atoms with Crippen molar-refractivity contribution in [3.8, 4) is 0 Å². The number of hydrogen-bond donors (Lipinski definition) is 1. The van der Waals surface area contributed by atoms with E-state index in [2.05, 4.69) is 12.2 Å². The predicted octanol–water partition coefficient (Wildman–Crippen LogP) is 3.78. The Morgan fingerprint density at radius 1 is 1.12 bits per heavy atom. The monoisotopic (exact) mass is 458 g/mol. The van der Waals surface area contributed by atoms with E-state index in [1.165, 1.54) is 19.3 Å². The molecule has 4 aliphatic rings. The van der Waals surface area contributed by atoms with Crippen LogP contribution in [0.1, 0.15) is 64.0 Å². The molecule has 1 aromatic heterocycles. The number of nitrogens with one attached hydrogen (secondary N) is 1. The number of carbonyl (C=O) groups is 2. The minimum Gasteiger partial charge on any atom is -0.383 e. The molecule has 0 spiro atoms. The Labute approximate surface area is 198 Å². The molecule has 4 fully saturated rings. The molecule has 184 valence electrons. The van der Waals surface area contributed by atoms with Gasteiger partial charge >= 0.3 is 6.03 Å². The highest BCUT2D eigenvalue weighted by molar-refractivity contribution is 5.84. The maximum atomic E-state index is 13.5. The van der Waals surface area contributed by atoms with Gasteiger partial charge in [0.25, 0.3) is 0 Å². The molecular weight excluding hydrogens is 416 g/mol. The Hall–Kier alpha value is -2.02. The molecule has 4 saturated carbocycles. The molecule has 4 bridgehead atoms. The lowest BCUT2D eigenvalue weighted by molar-refractivity contribution is -0.133. The molecule has 0 aliphatic heterocycles. The minimum atomic E-state index is -0.0516. The van der Waals surface area contributed by atoms with Crippen molar-refractivity contribution in [3.05, 3.63) is 24.0 Å². The van der Waals surface area contributed by atoms with Crippen LogP contribution in [0, 0.1) is 17.8 Å². The first-order valence-corrected chi connectivity index (χ1v) is 12.9. The number of hydrogen-bond acceptors (Lipinski definition) is 3. The largest absolute Gasteiger partial charge is 0.383 e. The van der Waals surface area contributed by atoms with E-state index in [0.717, 1.165) is 55.6 Å². The van der Waals surface area contributed by atoms with Crippen LogP contribution >= 0.6 is 0 Å². The summed E-state index contributed by atoms with van der Waals surface area (Å²) in [7, 11) is 3.64. The number of urea groups is 1. The average Bonchev–Trinajstić information content (AvgIpc) is 3.16. The second-order valence-corrected chi connectivity index (χ2v) is 10.8. The summed E-state index contributed by atoms with van der Waals surface area (Å²) in [5.74, 6) is 2.30. The third-order valence-corrected chi connectivity index (χ3v) is 8.13. The molecule has 3 amide bonds. The first kappa shape index (κ1) is 24.1. The van der Waals surface area contributed by atoms with Crippen LogP contribution < -0.4 is 5.32 Å². The summed E-state index contributed by atoms with van der Waals surface area (Å²) in [5.41, 5.74) is 1.02. The van der Waals surface area contributed by atoms with Crippen molar-refractivity contribution in [2.24, 2.45) is 24.8 Å². The second-order valence-electron chi connectivity index (χ2n) is 10.8. The molecule has 7 nitrogen and oxygen atoms in total. The third kappa shape index (κ3) is 5.73. The normalized spacial score (nSPS) is 27.5. The third-order valence-electron chi connectivity index (χ3n) is 8.13. The fourth-order valence-corrected chi connectivity index (χ4v) is 6.78. The predicted molar refractivity (Wildman–Crippen MR) is 129 cm³/mol. The van der Waals surface area contributed by atoms with Crippen LogP contribution in [0.15, 0.2) is 18.3 Å². The summed E-state index contributed by atoms with van der Waals surface area (Å²) < 4.78 is 7.28. The van der Waals surface area contributed by atoms with Gasteiger partial charge in [0.1, 0.15) is 6.54 Å². The highest BCUT2D eigenvalue weighted by atomic mass is 16.5. The summed E-state index contributed by atoms with van der Waals surface area (Å²) in [6.45, 7) is 4.36. The Kier molecular flexibility index (Phi) is 7.67. The Bertz CT molecular complexity index is 785. The van der Waals surface area contributed by atoms with Gasteiger partial charge in [0.2, 0.25) is 5.91 Å². The zero-order chi connectivity index (χ0) is 23.4. The van der Waals surface area contributed by atoms with Gasteiger partial charge in [-0.3, -0.25) is 4.79 Å². The summed E-state index contributed by atoms with van der Waals surface area (Å²) in [4.78, 5) is 30.4. The van der Waals surface area contributed by atoms with Crippen LogP contribution in [-0.2, 0) is 23.1 Å². The lowest BCUT2D eigenvalue weighted by Crippen LogP contribution is -2.62. The number of aromatic nitrogens is 1. The summed E-state index contributed by atoms with van der Waals surface area (Å²) in [5, 5.41) is 3.46. The van der Waals surface area contributed by atoms with E-state index in [0.29, 0.717) is 26.2 Å². The van der Waals surface area contributed by atoms with E-state index in [1.54, 1.807) is 12.0 Å². The van der Waals surface area contributed by atoms with Crippen molar-refractivity contribution < 1.29 is 14.3 Å². The Morgan fingerprint density at radius 2 is 1.79 bits per heavy atom. The molecule has 33 heavy (non-hydrogen) atoms. The highest BCUT2D eigenvalue weighted by Gasteiger charge is 2.51. The van der Waals surface area contributed by atoms with E-state index < -0.39 is 0 Å². The van der Waals surface area contributed by atoms with Crippen LogP contribution in [0.25, 0.3) is 0 Å². The topological polar surface area (TPSA) is 66.8 Å². The first-order valence-electron chi connectivity index (χ1n) is 12.9. The van der Waals surface area contributed by atoms with Crippen LogP contribution in [0.5, 0.6) is 0 Å². The van der Waals surface area contributed by atoms with Crippen LogP contribution in [0.4, 0.5) is 4.79 Å². The van der Waals surface area contributed by atoms with Gasteiger partial charge in [0, 0.05) is 44.7 Å². The van der Waals surface area contributed by atoms with E-state index in [9.17, 15) is 9.59 Å². The summed E-state index contributed by atoms with van der Waals surface area (Å²) in [6.07, 6.45) is 11.3. The summed E-state index contributed by atoms with van der Waals surface area (Å²) in [6, 6.07) is 3.96. The van der Waals surface area contributed by atoms with Crippen LogP contribution in [-0.4, -0.2) is 65.2 Å². The van der Waals surface area contributed by atoms with Gasteiger partial charge in [-0.1, -0.05) is 13.3 Å². The van der Waals surface area contributed by atoms with Crippen molar-refractivity contribution in [1.29, 1.82) is 0 Å². The van der Waals surface area contributed by atoms with Crippen LogP contribution in [0.2, 0.25) is 0 Å². The van der Waals surface area contributed by atoms with Gasteiger partial charge in [-0.25, -0.2) is 4.79 Å². The van der Waals surface area contributed by atoms with Gasteiger partial charge in [-0.2, -0.15) is 0 Å². The molecule has 0 radical (unpaired) electrons. The molecule has 7 heteroatoms. The second kappa shape index (κ2) is 10.5. The molecule has 0 aromatic carbocycles. The number of aryl methyl sites for hydroxylation is 1. The van der Waals surface area contributed by atoms with E-state index >= 15 is 0 Å². The van der Waals surface area contributed by atoms with Crippen molar-refractivity contribution in [2.45, 2.75) is 70.4 Å². The van der Waals surface area contributed by atoms with Crippen molar-refractivity contribution in [1.82, 2.24) is 19.7 Å². The number of carbonyl (C=O) groups excluding carboxylic acids is 2. The van der Waals surface area contributed by atoms with Gasteiger partial charge in [-0.05, 0) is 74.8 Å². The maximum absolute atomic E-state index is 13.5. The van der Waals surface area contributed by atoms with Crippen LogP contribution in [0.3, 0.4) is 0 Å². The zero-order valence-electron chi connectivity index (χ0n) is 20.7. The highest BCUT2D eigenvalue weighted by Crippen LogP contribution is 2.55. The van der Waals surface area contributed by atoms with Gasteiger partial charge < -0.3 is 24.4 Å². The van der Waals surface area contributed by atoms with Crippen molar-refractivity contribution >= 4 is 11.9 Å². The van der Waals surface area contributed by atoms with E-state index in [-0.39, 0.29) is 24.0 Å². The molecule has 0 unspecified atom stereocenters. The number of rotatable bonds is 11. The Morgan fingerprint density at radius 3 is 2.33 bits per heavy atom. The lowest BCUT2D eigenvalue weighted by atomic mass is 9.53. The minimum absolute atomic E-state index is 0.0231. The van der Waals surface area contributed by atoms with Crippen molar-refractivity contribution in [3.63, 3.8) is 0 Å². The molecule has 0 saturated heterocycles. The van der Waals surface area contributed by atoms with Gasteiger partial charge in [0.05, 0.1) is 13.2 Å². The van der Waals surface area contributed by atoms with Gasteiger partial charge in [0.15, 0.2) is 0 Å². The number of ether oxygens (including phenoxy) is 1. The fourth-order valence-electron chi connectivity index (χ4n) is 6.78. The van der Waals surface area contributed by atoms with Crippen molar-refractivity contribution in [2.75, 3.05) is 33.4 Å². The fraction of sp³-hybridized carbons (Fsp3) is 0.769. The zero-order valence-corrected chi connectivity index (χ0v) is 20.7. The molecule has 1 N–H and O–H groups in total. The maximum Gasteiger partial charge on any atom is 0.318 e. The molecule has 4 aliphatic carbocycles. The molecule has 5 rings (SSSR count). The van der Waals surface area contributed by atoms with E-state index in [4.69, 9.17) is 4.74 Å². The lowest BCUT2D eigenvalue weighted by Gasteiger charge is -2.57. The average molecular weight is 459 g/mol. The number of unbranched alkanes of at least 4 members (excludes halogenated alkanes) is 1. The molecule has 1 aromatic rings. The Balaban J connectivity index is 1.42.